The van der Waals surface area contributed by atoms with Gasteiger partial charge in [0.2, 0.25) is 0 Å². The Labute approximate surface area is 137 Å². The molecule has 0 saturated carbocycles. The zero-order valence-corrected chi connectivity index (χ0v) is 13.9. The van der Waals surface area contributed by atoms with Crippen LogP contribution >= 0.6 is 0 Å². The van der Waals surface area contributed by atoms with Crippen molar-refractivity contribution in [3.8, 4) is 0 Å². The maximum absolute atomic E-state index is 12.6. The molecule has 124 valence electrons. The van der Waals surface area contributed by atoms with Gasteiger partial charge >= 0.3 is 12.0 Å². The fourth-order valence-electron chi connectivity index (χ4n) is 2.66. The van der Waals surface area contributed by atoms with Gasteiger partial charge in [-0.2, -0.15) is 0 Å². The fourth-order valence-corrected chi connectivity index (χ4v) is 2.66. The van der Waals surface area contributed by atoms with Crippen LogP contribution in [0.25, 0.3) is 0 Å². The van der Waals surface area contributed by atoms with Crippen molar-refractivity contribution in [1.29, 1.82) is 0 Å². The number of carbonyl (C=O) groups excluding carboxylic acids is 2. The molecule has 1 unspecified atom stereocenters. The first-order chi connectivity index (χ1) is 11.1. The summed E-state index contributed by atoms with van der Waals surface area (Å²) < 4.78 is 5.49. The first-order valence-corrected chi connectivity index (χ1v) is 8.07. The SMILES string of the molecule is CCC(CC)COC(=O)C1=C(C)NC(=O)NC1c1ccccc1. The van der Waals surface area contributed by atoms with Crippen molar-refractivity contribution < 1.29 is 14.3 Å². The van der Waals surface area contributed by atoms with E-state index < -0.39 is 6.04 Å². The van der Waals surface area contributed by atoms with Gasteiger partial charge in [0.05, 0.1) is 18.2 Å². The lowest BCUT2D eigenvalue weighted by atomic mass is 9.95. The molecule has 0 bridgehead atoms. The van der Waals surface area contributed by atoms with Gasteiger partial charge in [-0.05, 0) is 18.4 Å². The second-order valence-electron chi connectivity index (χ2n) is 5.76. The lowest BCUT2D eigenvalue weighted by Crippen LogP contribution is -2.45. The predicted octanol–water partition coefficient (Wildman–Crippen LogP) is 3.29. The third-order valence-electron chi connectivity index (χ3n) is 4.23. The molecule has 2 rings (SSSR count). The van der Waals surface area contributed by atoms with Gasteiger partial charge in [-0.3, -0.25) is 0 Å². The quantitative estimate of drug-likeness (QED) is 0.791. The molecule has 23 heavy (non-hydrogen) atoms. The highest BCUT2D eigenvalue weighted by atomic mass is 16.5. The maximum atomic E-state index is 12.6. The summed E-state index contributed by atoms with van der Waals surface area (Å²) in [6.07, 6.45) is 1.94. The van der Waals surface area contributed by atoms with Crippen molar-refractivity contribution in [2.24, 2.45) is 5.92 Å². The molecule has 1 aliphatic rings. The third kappa shape index (κ3) is 4.12. The largest absolute Gasteiger partial charge is 0.462 e. The normalized spacial score (nSPS) is 17.7. The number of esters is 1. The van der Waals surface area contributed by atoms with Gasteiger partial charge < -0.3 is 15.4 Å². The number of urea groups is 1. The molecule has 1 aromatic carbocycles. The van der Waals surface area contributed by atoms with E-state index in [1.807, 2.05) is 30.3 Å². The van der Waals surface area contributed by atoms with Crippen LogP contribution in [0.1, 0.15) is 45.2 Å². The molecular formula is C18H24N2O3. The smallest absolute Gasteiger partial charge is 0.338 e. The minimum Gasteiger partial charge on any atom is -0.462 e. The van der Waals surface area contributed by atoms with Gasteiger partial charge in [-0.25, -0.2) is 9.59 Å². The van der Waals surface area contributed by atoms with Gasteiger partial charge in [0.15, 0.2) is 0 Å². The molecular weight excluding hydrogens is 292 g/mol. The first kappa shape index (κ1) is 17.1. The van der Waals surface area contributed by atoms with Crippen molar-refractivity contribution in [2.75, 3.05) is 6.61 Å². The standard InChI is InChI=1S/C18H24N2O3/c1-4-13(5-2)11-23-17(21)15-12(3)19-18(22)20-16(15)14-9-7-6-8-10-14/h6-10,13,16H,4-5,11H2,1-3H3,(H2,19,20,22). The van der Waals surface area contributed by atoms with Crippen molar-refractivity contribution in [3.63, 3.8) is 0 Å². The molecule has 2 N–H and O–H groups in total. The van der Waals surface area contributed by atoms with Crippen LogP contribution in [0.15, 0.2) is 41.6 Å². The van der Waals surface area contributed by atoms with Gasteiger partial charge in [-0.1, -0.05) is 57.0 Å². The van der Waals surface area contributed by atoms with E-state index in [-0.39, 0.29) is 12.0 Å². The number of benzene rings is 1. The van der Waals surface area contributed by atoms with Crippen LogP contribution in [0.5, 0.6) is 0 Å². The lowest BCUT2D eigenvalue weighted by Gasteiger charge is -2.28. The van der Waals surface area contributed by atoms with Crippen molar-refractivity contribution in [3.05, 3.63) is 47.2 Å². The number of ether oxygens (including phenoxy) is 1. The van der Waals surface area contributed by atoms with E-state index >= 15 is 0 Å². The molecule has 0 radical (unpaired) electrons. The van der Waals surface area contributed by atoms with Crippen molar-refractivity contribution in [1.82, 2.24) is 10.6 Å². The second kappa shape index (κ2) is 7.81. The van der Waals surface area contributed by atoms with Crippen LogP contribution < -0.4 is 10.6 Å². The van der Waals surface area contributed by atoms with Crippen LogP contribution in [-0.4, -0.2) is 18.6 Å². The van der Waals surface area contributed by atoms with E-state index in [1.165, 1.54) is 0 Å². The zero-order chi connectivity index (χ0) is 16.8. The highest BCUT2D eigenvalue weighted by Crippen LogP contribution is 2.27. The maximum Gasteiger partial charge on any atom is 0.338 e. The molecule has 5 heteroatoms. The van der Waals surface area contributed by atoms with Crippen molar-refractivity contribution in [2.45, 2.75) is 39.7 Å². The average molecular weight is 316 g/mol. The summed E-state index contributed by atoms with van der Waals surface area (Å²) >= 11 is 0. The van der Waals surface area contributed by atoms with E-state index in [1.54, 1.807) is 6.92 Å². The summed E-state index contributed by atoms with van der Waals surface area (Å²) in [6, 6.07) is 8.63. The number of allylic oxidation sites excluding steroid dienone is 1. The minimum atomic E-state index is -0.487. The van der Waals surface area contributed by atoms with Crippen LogP contribution in [0.4, 0.5) is 4.79 Å². The van der Waals surface area contributed by atoms with Crippen LogP contribution in [-0.2, 0) is 9.53 Å². The van der Waals surface area contributed by atoms with E-state index in [0.29, 0.717) is 23.8 Å². The Morgan fingerprint density at radius 1 is 1.22 bits per heavy atom. The summed E-state index contributed by atoms with van der Waals surface area (Å²) in [5, 5.41) is 5.46. The molecule has 1 aromatic rings. The fraction of sp³-hybridized carbons (Fsp3) is 0.444. The molecule has 1 heterocycles. The minimum absolute atomic E-state index is 0.312. The van der Waals surface area contributed by atoms with Gasteiger partial charge in [0, 0.05) is 5.70 Å². The Kier molecular flexibility index (Phi) is 5.79. The number of hydrogen-bond acceptors (Lipinski definition) is 3. The third-order valence-corrected chi connectivity index (χ3v) is 4.23. The summed E-state index contributed by atoms with van der Waals surface area (Å²) in [6.45, 7) is 6.30. The van der Waals surface area contributed by atoms with E-state index in [2.05, 4.69) is 24.5 Å². The molecule has 0 saturated heterocycles. The Hall–Kier alpha value is -2.30. The Morgan fingerprint density at radius 2 is 1.87 bits per heavy atom. The first-order valence-electron chi connectivity index (χ1n) is 8.07. The van der Waals surface area contributed by atoms with Crippen LogP contribution in [0.3, 0.4) is 0 Å². The topological polar surface area (TPSA) is 67.4 Å². The lowest BCUT2D eigenvalue weighted by molar-refractivity contribution is -0.141. The molecule has 5 nitrogen and oxygen atoms in total. The Balaban J connectivity index is 2.22. The van der Waals surface area contributed by atoms with Crippen LogP contribution in [0.2, 0.25) is 0 Å². The Bertz CT molecular complexity index is 592. The van der Waals surface area contributed by atoms with E-state index in [9.17, 15) is 9.59 Å². The summed E-state index contributed by atoms with van der Waals surface area (Å²) in [5.74, 6) is -0.0167. The highest BCUT2D eigenvalue weighted by molar-refractivity contribution is 5.95. The van der Waals surface area contributed by atoms with Gasteiger partial charge in [-0.15, -0.1) is 0 Å². The zero-order valence-electron chi connectivity index (χ0n) is 13.9. The summed E-state index contributed by atoms with van der Waals surface area (Å²) in [5.41, 5.74) is 1.86. The van der Waals surface area contributed by atoms with Crippen molar-refractivity contribution >= 4 is 12.0 Å². The molecule has 1 aliphatic heterocycles. The molecule has 0 aliphatic carbocycles. The van der Waals surface area contributed by atoms with Gasteiger partial charge in [0.1, 0.15) is 0 Å². The average Bonchev–Trinajstić information content (AvgIpc) is 2.55. The monoisotopic (exact) mass is 316 g/mol. The second-order valence-corrected chi connectivity index (χ2v) is 5.76. The summed E-state index contributed by atoms with van der Waals surface area (Å²) in [7, 11) is 0. The molecule has 0 fully saturated rings. The number of carbonyl (C=O) groups is 2. The Morgan fingerprint density at radius 3 is 2.48 bits per heavy atom. The highest BCUT2D eigenvalue weighted by Gasteiger charge is 2.32. The molecule has 0 spiro atoms. The number of amides is 2. The van der Waals surface area contributed by atoms with Gasteiger partial charge in [0.25, 0.3) is 0 Å². The molecule has 2 amide bonds. The number of nitrogens with one attached hydrogen (secondary N) is 2. The van der Waals surface area contributed by atoms with E-state index in [4.69, 9.17) is 4.74 Å². The predicted molar refractivity (Wildman–Crippen MR) is 88.6 cm³/mol. The molecule has 0 aromatic heterocycles. The molecule has 1 atom stereocenters. The number of hydrogen-bond donors (Lipinski definition) is 2. The summed E-state index contributed by atoms with van der Waals surface area (Å²) in [4.78, 5) is 24.3. The van der Waals surface area contributed by atoms with E-state index in [0.717, 1.165) is 18.4 Å². The number of rotatable bonds is 6. The van der Waals surface area contributed by atoms with Crippen LogP contribution in [0, 0.1) is 5.92 Å².